The number of aliphatic hydroxyl groups excluding tert-OH is 5. The Kier molecular flexibility index (Phi) is 43.5. The number of aliphatic hydroxyl groups is 5. The fourth-order valence-corrected chi connectivity index (χ4v) is 8.14. The number of hydrogen-bond acceptors (Lipinski definition) is 10. The number of allylic oxidation sites excluding steroid dienone is 9. The molecular formula is C57H101NO10. The lowest BCUT2D eigenvalue weighted by molar-refractivity contribution is -0.302. The molecule has 0 aromatic heterocycles. The monoisotopic (exact) mass is 960 g/mol. The van der Waals surface area contributed by atoms with Crippen LogP contribution in [0.15, 0.2) is 60.8 Å². The lowest BCUT2D eigenvalue weighted by Crippen LogP contribution is -2.60. The van der Waals surface area contributed by atoms with Gasteiger partial charge in [-0.3, -0.25) is 9.59 Å². The van der Waals surface area contributed by atoms with Crippen LogP contribution in [-0.4, -0.2) is 100 Å². The Morgan fingerprint density at radius 3 is 1.57 bits per heavy atom. The van der Waals surface area contributed by atoms with Crippen LogP contribution in [0.4, 0.5) is 0 Å². The zero-order chi connectivity index (χ0) is 49.6. The molecule has 1 aliphatic rings. The number of nitrogens with one attached hydrogen (secondary N) is 1. The second-order valence-corrected chi connectivity index (χ2v) is 18.9. The van der Waals surface area contributed by atoms with Crippen molar-refractivity contribution in [2.45, 2.75) is 269 Å². The summed E-state index contributed by atoms with van der Waals surface area (Å²) >= 11 is 0. The van der Waals surface area contributed by atoms with Gasteiger partial charge in [0.15, 0.2) is 6.29 Å². The van der Waals surface area contributed by atoms with Gasteiger partial charge in [-0.25, -0.2) is 0 Å². The van der Waals surface area contributed by atoms with E-state index in [1.54, 1.807) is 6.08 Å². The Labute approximate surface area is 414 Å². The Morgan fingerprint density at radius 1 is 0.544 bits per heavy atom. The third kappa shape index (κ3) is 36.3. The minimum Gasteiger partial charge on any atom is -0.466 e. The first kappa shape index (κ1) is 63.4. The molecule has 1 saturated heterocycles. The van der Waals surface area contributed by atoms with Crippen LogP contribution < -0.4 is 5.32 Å². The van der Waals surface area contributed by atoms with E-state index < -0.39 is 49.5 Å². The van der Waals surface area contributed by atoms with Crippen molar-refractivity contribution < 1.29 is 49.3 Å². The molecule has 11 heteroatoms. The summed E-state index contributed by atoms with van der Waals surface area (Å²) in [7, 11) is 0. The van der Waals surface area contributed by atoms with Crippen LogP contribution in [-0.2, 0) is 23.8 Å². The molecule has 0 aliphatic carbocycles. The lowest BCUT2D eigenvalue weighted by Gasteiger charge is -2.40. The van der Waals surface area contributed by atoms with Gasteiger partial charge in [-0.1, -0.05) is 171 Å². The number of amides is 1. The fraction of sp³-hybridized carbons (Fsp3) is 0.789. The van der Waals surface area contributed by atoms with Gasteiger partial charge in [0.25, 0.3) is 0 Å². The third-order valence-electron chi connectivity index (χ3n) is 12.6. The molecule has 11 nitrogen and oxygen atoms in total. The van der Waals surface area contributed by atoms with Crippen molar-refractivity contribution in [2.75, 3.05) is 19.8 Å². The van der Waals surface area contributed by atoms with Crippen molar-refractivity contribution >= 4 is 11.9 Å². The summed E-state index contributed by atoms with van der Waals surface area (Å²) in [4.78, 5) is 25.0. The number of unbranched alkanes of at least 4 members (excludes halogenated alkanes) is 25. The average Bonchev–Trinajstić information content (AvgIpc) is 3.33. The summed E-state index contributed by atoms with van der Waals surface area (Å²) in [5.74, 6) is -0.270. The molecule has 0 saturated carbocycles. The summed E-state index contributed by atoms with van der Waals surface area (Å²) < 4.78 is 16.6. The van der Waals surface area contributed by atoms with E-state index >= 15 is 0 Å². The molecule has 7 unspecified atom stereocenters. The van der Waals surface area contributed by atoms with Crippen LogP contribution in [0, 0.1) is 0 Å². The average molecular weight is 960 g/mol. The summed E-state index contributed by atoms with van der Waals surface area (Å²) in [6.45, 7) is 4.17. The molecule has 7 atom stereocenters. The van der Waals surface area contributed by atoms with E-state index in [0.29, 0.717) is 19.4 Å². The van der Waals surface area contributed by atoms with Crippen molar-refractivity contribution in [3.05, 3.63) is 60.8 Å². The van der Waals surface area contributed by atoms with Gasteiger partial charge in [-0.05, 0) is 103 Å². The molecular weight excluding hydrogens is 859 g/mol. The van der Waals surface area contributed by atoms with Crippen molar-refractivity contribution in [3.63, 3.8) is 0 Å². The molecule has 0 radical (unpaired) electrons. The summed E-state index contributed by atoms with van der Waals surface area (Å²) in [6.07, 6.45) is 48.9. The van der Waals surface area contributed by atoms with E-state index in [1.165, 1.54) is 96.3 Å². The normalized spacial score (nSPS) is 19.9. The van der Waals surface area contributed by atoms with Crippen molar-refractivity contribution in [2.24, 2.45) is 0 Å². The highest BCUT2D eigenvalue weighted by Gasteiger charge is 2.44. The van der Waals surface area contributed by atoms with Crippen LogP contribution in [0.5, 0.6) is 0 Å². The number of carbonyl (C=O) groups excluding carboxylic acids is 2. The summed E-state index contributed by atoms with van der Waals surface area (Å²) in [5.41, 5.74) is 0. The summed E-state index contributed by atoms with van der Waals surface area (Å²) in [5, 5.41) is 54.1. The second kappa shape index (κ2) is 46.7. The number of carbonyl (C=O) groups is 2. The van der Waals surface area contributed by atoms with E-state index in [2.05, 4.69) is 67.8 Å². The predicted octanol–water partition coefficient (Wildman–Crippen LogP) is 11.9. The predicted molar refractivity (Wildman–Crippen MR) is 278 cm³/mol. The highest BCUT2D eigenvalue weighted by atomic mass is 16.7. The quantitative estimate of drug-likeness (QED) is 0.0149. The Balaban J connectivity index is 2.12. The molecule has 6 N–H and O–H groups in total. The maximum atomic E-state index is 13.0. The van der Waals surface area contributed by atoms with Gasteiger partial charge in [-0.15, -0.1) is 0 Å². The number of hydrogen-bond donors (Lipinski definition) is 6. The first-order chi connectivity index (χ1) is 33.2. The Morgan fingerprint density at radius 2 is 1.00 bits per heavy atom. The van der Waals surface area contributed by atoms with E-state index in [9.17, 15) is 35.1 Å². The van der Waals surface area contributed by atoms with Gasteiger partial charge >= 0.3 is 5.97 Å². The van der Waals surface area contributed by atoms with Crippen LogP contribution in [0.2, 0.25) is 0 Å². The second-order valence-electron chi connectivity index (χ2n) is 18.9. The van der Waals surface area contributed by atoms with E-state index in [4.69, 9.17) is 14.2 Å². The van der Waals surface area contributed by atoms with Gasteiger partial charge < -0.3 is 45.1 Å². The van der Waals surface area contributed by atoms with Crippen molar-refractivity contribution in [1.82, 2.24) is 5.32 Å². The van der Waals surface area contributed by atoms with E-state index in [-0.39, 0.29) is 18.5 Å². The van der Waals surface area contributed by atoms with E-state index in [0.717, 1.165) is 103 Å². The molecule has 1 rings (SSSR count). The number of rotatable bonds is 46. The number of ether oxygens (including phenoxy) is 3. The molecule has 0 aromatic carbocycles. The molecule has 1 aliphatic heterocycles. The van der Waals surface area contributed by atoms with E-state index in [1.807, 2.05) is 6.08 Å². The Hall–Kier alpha value is -2.64. The fourth-order valence-electron chi connectivity index (χ4n) is 8.14. The molecule has 1 fully saturated rings. The molecule has 0 spiro atoms. The van der Waals surface area contributed by atoms with Crippen LogP contribution in [0.1, 0.15) is 226 Å². The highest BCUT2D eigenvalue weighted by Crippen LogP contribution is 2.23. The van der Waals surface area contributed by atoms with Gasteiger partial charge in [0.05, 0.1) is 32.0 Å². The number of esters is 1. The first-order valence-corrected chi connectivity index (χ1v) is 27.6. The zero-order valence-corrected chi connectivity index (χ0v) is 43.0. The minimum atomic E-state index is -1.59. The minimum absolute atomic E-state index is 0.0505. The molecule has 1 amide bonds. The lowest BCUT2D eigenvalue weighted by atomic mass is 9.99. The zero-order valence-electron chi connectivity index (χ0n) is 43.0. The van der Waals surface area contributed by atoms with Crippen LogP contribution in [0.3, 0.4) is 0 Å². The largest absolute Gasteiger partial charge is 0.466 e. The third-order valence-corrected chi connectivity index (χ3v) is 12.6. The molecule has 0 bridgehead atoms. The van der Waals surface area contributed by atoms with Crippen molar-refractivity contribution in [1.29, 1.82) is 0 Å². The molecule has 0 aromatic rings. The molecule has 68 heavy (non-hydrogen) atoms. The first-order valence-electron chi connectivity index (χ1n) is 27.6. The Bertz CT molecular complexity index is 1310. The van der Waals surface area contributed by atoms with Gasteiger partial charge in [0.1, 0.15) is 24.4 Å². The van der Waals surface area contributed by atoms with Crippen molar-refractivity contribution in [3.8, 4) is 0 Å². The molecule has 1 heterocycles. The SMILES string of the molecule is CCCCC/C=C/CC/C=C/C(O)C(COC1OC(CO)C(O)C(O)C1O)NC(=O)CCCCCCCC/C=C\C=C/CCCCCOC(=O)CCCCCCC/C=C\CCCCCCCCC. The maximum Gasteiger partial charge on any atom is 0.305 e. The smallest absolute Gasteiger partial charge is 0.305 e. The van der Waals surface area contributed by atoms with Gasteiger partial charge in [0.2, 0.25) is 5.91 Å². The van der Waals surface area contributed by atoms with Gasteiger partial charge in [-0.2, -0.15) is 0 Å². The van der Waals surface area contributed by atoms with Gasteiger partial charge in [0, 0.05) is 12.8 Å². The molecule has 394 valence electrons. The van der Waals surface area contributed by atoms with Crippen LogP contribution >= 0.6 is 0 Å². The summed E-state index contributed by atoms with van der Waals surface area (Å²) in [6, 6.07) is -0.844. The standard InChI is InChI=1S/C57H101NO10/c1-3-5-7-9-11-13-14-15-16-19-22-25-29-33-37-41-45-53(62)66-46-42-38-34-30-26-23-20-17-18-21-24-28-32-36-40-44-52(61)58-49(50(60)43-39-35-31-27-12-10-8-6-4-2)48-67-57-56(65)55(64)54(63)51(47-59)68-57/h12,16-17,19-20,23,26-27,39,43,49-51,54-57,59-60,63-65H,3-11,13-15,18,21-22,24-25,28-38,40-42,44-48H2,1-2H3,(H,58,61)/b19-16-,20-17-,26-23-,27-12+,43-39+. The highest BCUT2D eigenvalue weighted by molar-refractivity contribution is 5.76. The van der Waals surface area contributed by atoms with Crippen LogP contribution in [0.25, 0.3) is 0 Å². The topological polar surface area (TPSA) is 175 Å². The maximum absolute atomic E-state index is 13.0.